The average molecular weight is 1380 g/mol. The highest BCUT2D eigenvalue weighted by atomic mass is 32.2. The van der Waals surface area contributed by atoms with E-state index in [1.807, 2.05) is 24.3 Å². The Labute approximate surface area is 564 Å². The molecular weight excluding hydrogens is 1280 g/mol. The van der Waals surface area contributed by atoms with Crippen LogP contribution >= 0.6 is 0 Å². The van der Waals surface area contributed by atoms with Crippen molar-refractivity contribution in [2.24, 2.45) is 45.3 Å². The van der Waals surface area contributed by atoms with Gasteiger partial charge in [0.25, 0.3) is 0 Å². The third kappa shape index (κ3) is 14.4. The molecule has 4 bridgehead atoms. The van der Waals surface area contributed by atoms with Crippen molar-refractivity contribution >= 4 is 34.7 Å². The minimum atomic E-state index is -5.89. The Kier molecular flexibility index (Phi) is 22.5. The lowest BCUT2D eigenvalue weighted by Gasteiger charge is -2.60. The molecule has 2 aromatic carbocycles. The van der Waals surface area contributed by atoms with Crippen LogP contribution in [0.1, 0.15) is 294 Å². The minimum absolute atomic E-state index is 0.0424. The zero-order valence-corrected chi connectivity index (χ0v) is 58.2. The van der Waals surface area contributed by atoms with Gasteiger partial charge < -0.3 is 18.9 Å². The summed E-state index contributed by atoms with van der Waals surface area (Å²) in [7, 11) is -2.30. The predicted molar refractivity (Wildman–Crippen MR) is 347 cm³/mol. The molecule has 8 aliphatic rings. The van der Waals surface area contributed by atoms with Gasteiger partial charge >= 0.3 is 48.1 Å². The lowest BCUT2D eigenvalue weighted by Crippen LogP contribution is -2.55. The van der Waals surface area contributed by atoms with E-state index in [4.69, 9.17) is 18.9 Å². The number of rotatable bonds is 32. The van der Waals surface area contributed by atoms with Crippen molar-refractivity contribution in [3.8, 4) is 11.5 Å². The van der Waals surface area contributed by atoms with E-state index in [1.54, 1.807) is 0 Å². The van der Waals surface area contributed by atoms with E-state index in [1.165, 1.54) is 49.9 Å². The second kappa shape index (κ2) is 29.0. The molecule has 0 saturated heterocycles. The zero-order valence-electron chi connectivity index (χ0n) is 57.4. The molecule has 538 valence electrons. The quantitative estimate of drug-likeness (QED) is 0.0305. The van der Waals surface area contributed by atoms with E-state index < -0.39 is 82.4 Å². The molecule has 2 unspecified atom stereocenters. The number of hydrogen-bond acceptors (Lipinski definition) is 9. The molecule has 0 N–H and O–H groups in total. The predicted octanol–water partition coefficient (Wildman–Crippen LogP) is 20.8. The number of alkyl halides is 10. The van der Waals surface area contributed by atoms with Gasteiger partial charge in [0.05, 0.1) is 0 Å². The molecule has 20 heteroatoms. The smallest absolute Gasteiger partial charge is 0.453 e. The maximum Gasteiger partial charge on any atom is 0.453 e. The zero-order chi connectivity index (χ0) is 69.5. The van der Waals surface area contributed by atoms with E-state index in [2.05, 4.69) is 26.0 Å². The summed E-state index contributed by atoms with van der Waals surface area (Å²) in [6.45, 7) is 10.5. The molecule has 10 rings (SSSR count). The SMILES string of the molecule is CC(=O)Oc1ccc2c(c1)CC[C@@H]1[C@@H]2[C@@H](CCCCCCCCCC(CCC(F)(F)C(F)(F)F)S(=O)C(CCCCCCCCC[C@H]2C[C@]3(C)C4(OC(C)=O)CCC3(CC4)[C@@H]3CCc4cc(OC(C)=O)ccc4[C@@H]23)CCC(F)(F)C(F)(F)F)C[C@]2(C)C3(OC(C)=O)CCC12CC3. The Bertz CT molecular complexity index is 2910. The Hall–Kier alpha value is -4.23. The maximum atomic E-state index is 14.6. The van der Waals surface area contributed by atoms with Gasteiger partial charge in [0.1, 0.15) is 22.7 Å². The topological polar surface area (TPSA) is 122 Å². The number of carbonyl (C=O) groups is 4. The van der Waals surface area contributed by atoms with Crippen molar-refractivity contribution in [1.82, 2.24) is 0 Å². The normalized spacial score (nSPS) is 32.0. The summed E-state index contributed by atoms with van der Waals surface area (Å²) in [4.78, 5) is 49.1. The molecule has 0 spiro atoms. The van der Waals surface area contributed by atoms with Gasteiger partial charge in [-0.3, -0.25) is 23.4 Å². The first-order chi connectivity index (χ1) is 45.2. The van der Waals surface area contributed by atoms with Crippen LogP contribution in [0.4, 0.5) is 43.9 Å². The largest absolute Gasteiger partial charge is 0.459 e. The van der Waals surface area contributed by atoms with Crippen LogP contribution in [0.15, 0.2) is 36.4 Å². The number of hydrogen-bond donors (Lipinski definition) is 0. The number of benzene rings is 2. The number of ether oxygens (including phenoxy) is 4. The lowest BCUT2D eigenvalue weighted by molar-refractivity contribution is -0.284. The van der Waals surface area contributed by atoms with E-state index in [9.17, 15) is 67.3 Å². The van der Waals surface area contributed by atoms with Gasteiger partial charge in [0.15, 0.2) is 0 Å². The number of carbonyl (C=O) groups excluding carboxylic acids is 4. The molecule has 9 nitrogen and oxygen atoms in total. The fourth-order valence-electron chi connectivity index (χ4n) is 22.3. The fraction of sp³-hybridized carbons (Fsp3) is 0.789. The molecular formula is C76H104F10O9S. The van der Waals surface area contributed by atoms with Crippen LogP contribution in [-0.4, -0.2) is 74.0 Å². The summed E-state index contributed by atoms with van der Waals surface area (Å²) in [5.41, 5.74) is 3.76. The highest BCUT2D eigenvalue weighted by molar-refractivity contribution is 7.86. The van der Waals surface area contributed by atoms with Gasteiger partial charge in [-0.25, -0.2) is 0 Å². The van der Waals surface area contributed by atoms with Gasteiger partial charge in [0, 0.05) is 72.7 Å². The van der Waals surface area contributed by atoms with Crippen LogP contribution in [-0.2, 0) is 52.3 Å². The van der Waals surface area contributed by atoms with Crippen LogP contribution in [0.2, 0.25) is 0 Å². The molecule has 8 aliphatic carbocycles. The monoisotopic (exact) mass is 1380 g/mol. The number of fused-ring (bicyclic) bond motifs is 6. The molecule has 6 fully saturated rings. The minimum Gasteiger partial charge on any atom is -0.459 e. The van der Waals surface area contributed by atoms with Crippen molar-refractivity contribution < 1.29 is 86.2 Å². The second-order valence-electron chi connectivity index (χ2n) is 31.5. The van der Waals surface area contributed by atoms with E-state index in [0.29, 0.717) is 85.5 Å². The first-order valence-corrected chi connectivity index (χ1v) is 37.7. The second-order valence-corrected chi connectivity index (χ2v) is 33.5. The van der Waals surface area contributed by atoms with Gasteiger partial charge in [-0.15, -0.1) is 0 Å². The van der Waals surface area contributed by atoms with E-state index >= 15 is 0 Å². The van der Waals surface area contributed by atoms with Gasteiger partial charge in [-0.1, -0.05) is 116 Å². The van der Waals surface area contributed by atoms with Crippen LogP contribution in [0, 0.1) is 45.3 Å². The molecule has 10 atom stereocenters. The van der Waals surface area contributed by atoms with Crippen LogP contribution < -0.4 is 9.47 Å². The Morgan fingerprint density at radius 2 is 0.802 bits per heavy atom. The molecule has 0 amide bonds. The van der Waals surface area contributed by atoms with E-state index in [-0.39, 0.29) is 58.4 Å². The Balaban J connectivity index is 0.723. The molecule has 0 aromatic heterocycles. The molecule has 96 heavy (non-hydrogen) atoms. The van der Waals surface area contributed by atoms with Gasteiger partial charge in [-0.2, -0.15) is 43.9 Å². The molecule has 0 heterocycles. The summed E-state index contributed by atoms with van der Waals surface area (Å²) < 4.78 is 178. The number of halogens is 10. The van der Waals surface area contributed by atoms with Gasteiger partial charge in [0.2, 0.25) is 0 Å². The third-order valence-electron chi connectivity index (χ3n) is 26.6. The van der Waals surface area contributed by atoms with Crippen LogP contribution in [0.25, 0.3) is 0 Å². The van der Waals surface area contributed by atoms with Crippen molar-refractivity contribution in [3.05, 3.63) is 58.7 Å². The summed E-state index contributed by atoms with van der Waals surface area (Å²) in [6, 6.07) is 12.1. The maximum absolute atomic E-state index is 14.6. The third-order valence-corrected chi connectivity index (χ3v) is 28.9. The summed E-state index contributed by atoms with van der Waals surface area (Å²) in [6.07, 6.45) is 8.08. The molecule has 2 aromatic rings. The molecule has 6 saturated carbocycles. The number of esters is 4. The van der Waals surface area contributed by atoms with Gasteiger partial charge in [-0.05, 0) is 221 Å². The fourth-order valence-corrected chi connectivity index (χ4v) is 24.4. The van der Waals surface area contributed by atoms with Crippen molar-refractivity contribution in [1.29, 1.82) is 0 Å². The lowest BCUT2D eigenvalue weighted by atomic mass is 9.45. The highest BCUT2D eigenvalue weighted by Gasteiger charge is 2.78. The molecule has 0 radical (unpaired) electrons. The first kappa shape index (κ1) is 74.5. The van der Waals surface area contributed by atoms with Crippen LogP contribution in [0.5, 0.6) is 11.5 Å². The Morgan fingerprint density at radius 3 is 1.12 bits per heavy atom. The van der Waals surface area contributed by atoms with Crippen molar-refractivity contribution in [2.75, 3.05) is 0 Å². The van der Waals surface area contributed by atoms with Crippen LogP contribution in [0.3, 0.4) is 0 Å². The summed E-state index contributed by atoms with van der Waals surface area (Å²) in [5.74, 6) is -8.43. The standard InChI is InChI=1S/C76H104F10O9S/c1-49(87)92-57-27-29-61-53(45-57)25-31-63-65(61)55(47-67(5)69(63)37-41-71(67,42-38-69)94-51(3)89)21-17-13-9-7-11-15-19-23-59(33-35-73(77,78)75(81,82)83)96(91)60(34-36-74(79,80)76(84,85)86)24-20-16-12-8-10-14-18-22-56-48-68(6)70(39-43-72(68,44-40-70)95-52(4)90)64-32-26-54-46-58(93-50(2)88)28-30-62(54)66(56)64/h27-30,45-46,55-56,59-60,63-66H,7-26,31-44,47-48H2,1-6H3/t55-,56-,59?,60?,63+,64+,65+,66+,67-,68-,69?,70?,71?,72?,96?/m0/s1. The van der Waals surface area contributed by atoms with E-state index in [0.717, 1.165) is 154 Å². The Morgan fingerprint density at radius 1 is 0.469 bits per heavy atom. The van der Waals surface area contributed by atoms with Crippen molar-refractivity contribution in [2.45, 2.75) is 330 Å². The summed E-state index contributed by atoms with van der Waals surface area (Å²) in [5, 5.41) is -2.56. The molecule has 0 aliphatic heterocycles. The number of unbranched alkanes of at least 4 members (excludes halogenated alkanes) is 12. The highest BCUT2D eigenvalue weighted by Crippen LogP contribution is 2.81. The van der Waals surface area contributed by atoms with Crippen molar-refractivity contribution in [3.63, 3.8) is 0 Å². The summed E-state index contributed by atoms with van der Waals surface area (Å²) >= 11 is 0. The first-order valence-electron chi connectivity index (χ1n) is 36.5. The number of aryl methyl sites for hydroxylation is 2. The average Bonchev–Trinajstić information content (AvgIpc) is 1.50.